The van der Waals surface area contributed by atoms with Gasteiger partial charge in [-0.1, -0.05) is 48.5 Å². The van der Waals surface area contributed by atoms with E-state index in [4.69, 9.17) is 9.47 Å². The highest BCUT2D eigenvalue weighted by molar-refractivity contribution is 5.75. The Hall–Kier alpha value is -3.40. The second-order valence-electron chi connectivity index (χ2n) is 5.73. The van der Waals surface area contributed by atoms with E-state index >= 15 is 0 Å². The number of ether oxygens (including phenoxy) is 2. The summed E-state index contributed by atoms with van der Waals surface area (Å²) in [5.74, 6) is 1.29. The summed E-state index contributed by atoms with van der Waals surface area (Å²) >= 11 is 0. The highest BCUT2D eigenvalue weighted by Crippen LogP contribution is 2.19. The summed E-state index contributed by atoms with van der Waals surface area (Å²) < 4.78 is 11.6. The van der Waals surface area contributed by atoms with Crippen LogP contribution in [0.2, 0.25) is 0 Å². The van der Waals surface area contributed by atoms with Gasteiger partial charge < -0.3 is 9.47 Å². The molecule has 0 N–H and O–H groups in total. The van der Waals surface area contributed by atoms with Crippen molar-refractivity contribution >= 4 is 12.6 Å². The van der Waals surface area contributed by atoms with Crippen LogP contribution in [0.5, 0.6) is 11.5 Å². The number of rotatable bonds is 8. The van der Waals surface area contributed by atoms with Crippen LogP contribution in [0.3, 0.4) is 0 Å². The first kappa shape index (κ1) is 17.4. The molecule has 0 aliphatic rings. The minimum absolute atomic E-state index is 0.371. The second-order valence-corrected chi connectivity index (χ2v) is 5.73. The molecule has 0 unspecified atom stereocenters. The van der Waals surface area contributed by atoms with E-state index in [1.165, 1.54) is 0 Å². The fourth-order valence-electron chi connectivity index (χ4n) is 2.52. The molecule has 0 heterocycles. The zero-order valence-electron chi connectivity index (χ0n) is 14.1. The van der Waals surface area contributed by atoms with Crippen molar-refractivity contribution in [2.24, 2.45) is 0 Å². The van der Waals surface area contributed by atoms with Gasteiger partial charge in [-0.05, 0) is 35.4 Å². The first-order valence-electron chi connectivity index (χ1n) is 8.21. The van der Waals surface area contributed by atoms with Gasteiger partial charge in [0.1, 0.15) is 37.3 Å². The van der Waals surface area contributed by atoms with Gasteiger partial charge in [0.2, 0.25) is 0 Å². The summed E-state index contributed by atoms with van der Waals surface area (Å²) in [5.41, 5.74) is 3.15. The molecule has 26 heavy (non-hydrogen) atoms. The van der Waals surface area contributed by atoms with Crippen LogP contribution < -0.4 is 9.47 Å². The number of carbonyl (C=O) groups excluding carboxylic acids is 2. The van der Waals surface area contributed by atoms with Crippen molar-refractivity contribution in [3.8, 4) is 11.5 Å². The first-order chi connectivity index (χ1) is 12.8. The average Bonchev–Trinajstić information content (AvgIpc) is 2.71. The molecule has 4 heteroatoms. The molecular formula is C22H18O4. The van der Waals surface area contributed by atoms with Crippen LogP contribution in [-0.4, -0.2) is 12.6 Å². The maximum absolute atomic E-state index is 10.9. The van der Waals surface area contributed by atoms with Gasteiger partial charge in [-0.2, -0.15) is 0 Å². The van der Waals surface area contributed by atoms with E-state index in [-0.39, 0.29) is 0 Å². The van der Waals surface area contributed by atoms with Gasteiger partial charge in [0.25, 0.3) is 0 Å². The fraction of sp³-hybridized carbons (Fsp3) is 0.0909. The Kier molecular flexibility index (Phi) is 5.78. The molecule has 0 radical (unpaired) electrons. The first-order valence-corrected chi connectivity index (χ1v) is 8.21. The Morgan fingerprint density at radius 3 is 1.50 bits per heavy atom. The number of hydrogen-bond donors (Lipinski definition) is 0. The normalized spacial score (nSPS) is 10.2. The van der Waals surface area contributed by atoms with Crippen LogP contribution in [0.1, 0.15) is 31.8 Å². The van der Waals surface area contributed by atoms with E-state index in [1.807, 2.05) is 36.4 Å². The lowest BCUT2D eigenvalue weighted by molar-refractivity contribution is 0.111. The molecular weight excluding hydrogens is 328 g/mol. The summed E-state index contributed by atoms with van der Waals surface area (Å²) in [7, 11) is 0. The van der Waals surface area contributed by atoms with E-state index in [2.05, 4.69) is 0 Å². The third-order valence-electron chi connectivity index (χ3n) is 3.90. The Labute approximate surface area is 152 Å². The highest BCUT2D eigenvalue weighted by Gasteiger charge is 2.05. The summed E-state index contributed by atoms with van der Waals surface area (Å²) in [6, 6.07) is 21.9. The number of aldehydes is 2. The van der Waals surface area contributed by atoms with Gasteiger partial charge in [-0.25, -0.2) is 0 Å². The molecule has 3 rings (SSSR count). The van der Waals surface area contributed by atoms with Crippen LogP contribution in [0.15, 0.2) is 72.8 Å². The van der Waals surface area contributed by atoms with E-state index in [1.54, 1.807) is 36.4 Å². The molecule has 0 atom stereocenters. The van der Waals surface area contributed by atoms with Gasteiger partial charge in [-0.15, -0.1) is 0 Å². The minimum atomic E-state index is 0.371. The Morgan fingerprint density at radius 2 is 1.08 bits per heavy atom. The number of benzene rings is 3. The largest absolute Gasteiger partial charge is 0.489 e. The molecule has 0 saturated carbocycles. The molecule has 130 valence electrons. The van der Waals surface area contributed by atoms with E-state index in [0.29, 0.717) is 35.8 Å². The van der Waals surface area contributed by atoms with Crippen molar-refractivity contribution in [2.45, 2.75) is 13.2 Å². The molecule has 0 fully saturated rings. The molecule has 4 nitrogen and oxygen atoms in total. The maximum atomic E-state index is 10.9. The topological polar surface area (TPSA) is 52.6 Å². The van der Waals surface area contributed by atoms with Crippen molar-refractivity contribution < 1.29 is 19.1 Å². The molecule has 3 aromatic carbocycles. The zero-order chi connectivity index (χ0) is 18.2. The Morgan fingerprint density at radius 1 is 0.615 bits per heavy atom. The van der Waals surface area contributed by atoms with E-state index in [0.717, 1.165) is 23.7 Å². The van der Waals surface area contributed by atoms with Gasteiger partial charge in [-0.3, -0.25) is 9.59 Å². The average molecular weight is 346 g/mol. The molecule has 0 aliphatic carbocycles. The van der Waals surface area contributed by atoms with Gasteiger partial charge in [0, 0.05) is 11.1 Å². The molecule has 3 aromatic rings. The monoisotopic (exact) mass is 346 g/mol. The molecule has 0 spiro atoms. The second kappa shape index (κ2) is 8.62. The summed E-state index contributed by atoms with van der Waals surface area (Å²) in [4.78, 5) is 21.7. The molecule has 0 saturated heterocycles. The Balaban J connectivity index is 1.67. The summed E-state index contributed by atoms with van der Waals surface area (Å²) in [5, 5.41) is 0. The van der Waals surface area contributed by atoms with Crippen LogP contribution in [0, 0.1) is 0 Å². The smallest absolute Gasteiger partial charge is 0.150 e. The van der Waals surface area contributed by atoms with Crippen molar-refractivity contribution in [1.82, 2.24) is 0 Å². The predicted molar refractivity (Wildman–Crippen MR) is 98.8 cm³/mol. The lowest BCUT2D eigenvalue weighted by Crippen LogP contribution is -2.04. The fourth-order valence-corrected chi connectivity index (χ4v) is 2.52. The molecule has 0 amide bonds. The lowest BCUT2D eigenvalue weighted by atomic mass is 10.1. The van der Waals surface area contributed by atoms with Gasteiger partial charge in [0.15, 0.2) is 0 Å². The number of carbonyl (C=O) groups is 2. The third kappa shape index (κ3) is 4.57. The van der Waals surface area contributed by atoms with Crippen molar-refractivity contribution in [2.75, 3.05) is 0 Å². The molecule has 0 bridgehead atoms. The molecule has 0 aromatic heterocycles. The van der Waals surface area contributed by atoms with Crippen molar-refractivity contribution in [3.05, 3.63) is 95.1 Å². The van der Waals surface area contributed by atoms with Crippen molar-refractivity contribution in [1.29, 1.82) is 0 Å². The maximum Gasteiger partial charge on any atom is 0.150 e. The Bertz CT molecular complexity index is 827. The van der Waals surface area contributed by atoms with Crippen LogP contribution in [0.25, 0.3) is 0 Å². The lowest BCUT2D eigenvalue weighted by Gasteiger charge is -2.12. The van der Waals surface area contributed by atoms with E-state index < -0.39 is 0 Å². The number of hydrogen-bond acceptors (Lipinski definition) is 4. The summed E-state index contributed by atoms with van der Waals surface area (Å²) in [6.07, 6.45) is 1.59. The zero-order valence-corrected chi connectivity index (χ0v) is 14.1. The van der Waals surface area contributed by atoms with Crippen LogP contribution in [-0.2, 0) is 13.2 Å². The van der Waals surface area contributed by atoms with Crippen LogP contribution in [0.4, 0.5) is 0 Å². The predicted octanol–water partition coefficient (Wildman–Crippen LogP) is 4.47. The van der Waals surface area contributed by atoms with Crippen molar-refractivity contribution in [3.63, 3.8) is 0 Å². The third-order valence-corrected chi connectivity index (χ3v) is 3.90. The SMILES string of the molecule is O=Cc1cccc(OCc2ccccc2COc2cccc(C=O)c2)c1. The standard InChI is InChI=1S/C22H18O4/c23-13-17-5-3-9-21(11-17)25-15-19-7-1-2-8-20(19)16-26-22-10-4-6-18(12-22)14-24/h1-14H,15-16H2. The van der Waals surface area contributed by atoms with E-state index in [9.17, 15) is 9.59 Å². The summed E-state index contributed by atoms with van der Waals surface area (Å²) in [6.45, 7) is 0.743. The van der Waals surface area contributed by atoms with Gasteiger partial charge in [0.05, 0.1) is 0 Å². The van der Waals surface area contributed by atoms with Gasteiger partial charge >= 0.3 is 0 Å². The highest BCUT2D eigenvalue weighted by atomic mass is 16.5. The minimum Gasteiger partial charge on any atom is -0.489 e. The molecule has 0 aliphatic heterocycles. The quantitative estimate of drug-likeness (QED) is 0.565. The van der Waals surface area contributed by atoms with Crippen LogP contribution >= 0.6 is 0 Å².